The summed E-state index contributed by atoms with van der Waals surface area (Å²) in [6.45, 7) is 1.63. The van der Waals surface area contributed by atoms with Gasteiger partial charge < -0.3 is 19.1 Å². The van der Waals surface area contributed by atoms with Crippen LogP contribution in [0.15, 0.2) is 52.1 Å². The fourth-order valence-electron chi connectivity index (χ4n) is 5.68. The predicted molar refractivity (Wildman–Crippen MR) is 132 cm³/mol. The van der Waals surface area contributed by atoms with Gasteiger partial charge in [0.2, 0.25) is 11.8 Å². The van der Waals surface area contributed by atoms with Crippen molar-refractivity contribution in [2.45, 2.75) is 37.8 Å². The highest BCUT2D eigenvalue weighted by Gasteiger charge is 2.55. The van der Waals surface area contributed by atoms with Gasteiger partial charge in [0.1, 0.15) is 12.9 Å². The Bertz CT molecular complexity index is 1510. The van der Waals surface area contributed by atoms with Crippen molar-refractivity contribution in [2.24, 2.45) is 18.9 Å². The quantitative estimate of drug-likeness (QED) is 0.444. The average Bonchev–Trinajstić information content (AvgIpc) is 3.27. The molecule has 10 heteroatoms. The Morgan fingerprint density at radius 1 is 1.14 bits per heavy atom. The first kappa shape index (κ1) is 21.5. The first-order chi connectivity index (χ1) is 17.7. The zero-order valence-corrected chi connectivity index (χ0v) is 20.0. The van der Waals surface area contributed by atoms with Gasteiger partial charge in [0, 0.05) is 32.2 Å². The van der Waals surface area contributed by atoms with Crippen molar-refractivity contribution >= 4 is 22.7 Å². The van der Waals surface area contributed by atoms with E-state index in [-0.39, 0.29) is 18.1 Å². The van der Waals surface area contributed by atoms with Crippen LogP contribution in [0.3, 0.4) is 0 Å². The van der Waals surface area contributed by atoms with Crippen LogP contribution in [0, 0.1) is 11.8 Å². The zero-order valence-electron chi connectivity index (χ0n) is 20.0. The summed E-state index contributed by atoms with van der Waals surface area (Å²) in [5.41, 5.74) is 3.38. The monoisotopic (exact) mass is 485 g/mol. The van der Waals surface area contributed by atoms with E-state index in [1.807, 2.05) is 13.1 Å². The molecule has 1 saturated heterocycles. The maximum Gasteiger partial charge on any atom is 0.280 e. The second-order valence-electron chi connectivity index (χ2n) is 9.95. The molecule has 4 heterocycles. The first-order valence-electron chi connectivity index (χ1n) is 12.5. The number of benzene rings is 1. The molecule has 0 amide bonds. The molecular formula is C26H27N7O3. The lowest BCUT2D eigenvalue weighted by Crippen LogP contribution is -2.29. The second kappa shape index (κ2) is 8.41. The van der Waals surface area contributed by atoms with E-state index in [0.29, 0.717) is 40.8 Å². The molecule has 3 atom stereocenters. The fraction of sp³-hybridized carbons (Fsp3) is 0.423. The number of hydrogen-bond acceptors (Lipinski definition) is 8. The standard InChI is InChI=1S/C26H27N7O3/c1-32-22-24(30-26(32)28-17-7-9-35-10-8-17)27-14-33(25(22)34)13-20-29-23(31-36-20)21-18-11-16(12-19(18)21)15-5-3-2-4-6-15/h2-6,11,14,17-19,21H,7-10,12-13H2,1H3,(H,28,30)/t18-,19+,21+/m1/s1. The highest BCUT2D eigenvalue weighted by atomic mass is 16.5. The zero-order chi connectivity index (χ0) is 24.2. The van der Waals surface area contributed by atoms with Crippen molar-refractivity contribution in [2.75, 3.05) is 18.5 Å². The number of nitrogens with zero attached hydrogens (tertiary/aromatic N) is 6. The van der Waals surface area contributed by atoms with Gasteiger partial charge in [0.25, 0.3) is 5.56 Å². The molecule has 0 radical (unpaired) electrons. The number of aryl methyl sites for hydroxylation is 1. The maximum atomic E-state index is 13.3. The van der Waals surface area contributed by atoms with Crippen LogP contribution < -0.4 is 10.9 Å². The van der Waals surface area contributed by atoms with Crippen LogP contribution in [0.2, 0.25) is 0 Å². The van der Waals surface area contributed by atoms with Gasteiger partial charge in [-0.25, -0.2) is 4.98 Å². The Morgan fingerprint density at radius 2 is 1.97 bits per heavy atom. The maximum absolute atomic E-state index is 13.3. The van der Waals surface area contributed by atoms with E-state index in [1.54, 1.807) is 4.57 Å². The Morgan fingerprint density at radius 3 is 2.75 bits per heavy atom. The first-order valence-corrected chi connectivity index (χ1v) is 12.5. The molecule has 1 aromatic carbocycles. The highest BCUT2D eigenvalue weighted by Crippen LogP contribution is 2.62. The van der Waals surface area contributed by atoms with Crippen molar-refractivity contribution in [3.05, 3.63) is 70.4 Å². The summed E-state index contributed by atoms with van der Waals surface area (Å²) in [6, 6.07) is 10.8. The van der Waals surface area contributed by atoms with E-state index in [4.69, 9.17) is 9.26 Å². The Hall–Kier alpha value is -3.79. The normalized spacial score (nSPS) is 23.6. The molecule has 0 spiro atoms. The molecule has 1 saturated carbocycles. The molecule has 2 fully saturated rings. The van der Waals surface area contributed by atoms with E-state index in [0.717, 1.165) is 38.3 Å². The van der Waals surface area contributed by atoms with Crippen LogP contribution in [0.1, 0.15) is 42.5 Å². The SMILES string of the molecule is Cn1c(NC2CCOCC2)nc2ncn(Cc3nc([C@H]4[C@@H]5C=C(c6ccccc6)C[C@@H]54)no3)c(=O)c21. The molecule has 184 valence electrons. The van der Waals surface area contributed by atoms with E-state index in [2.05, 4.69) is 55.8 Å². The van der Waals surface area contributed by atoms with Crippen LogP contribution in [0.5, 0.6) is 0 Å². The molecule has 1 aliphatic heterocycles. The topological polar surface area (TPSA) is 113 Å². The summed E-state index contributed by atoms with van der Waals surface area (Å²) in [5, 5.41) is 7.67. The summed E-state index contributed by atoms with van der Waals surface area (Å²) >= 11 is 0. The number of anilines is 1. The van der Waals surface area contributed by atoms with Crippen molar-refractivity contribution in [3.63, 3.8) is 0 Å². The molecule has 1 N–H and O–H groups in total. The molecule has 2 aliphatic carbocycles. The average molecular weight is 486 g/mol. The molecule has 0 bridgehead atoms. The largest absolute Gasteiger partial charge is 0.381 e. The molecule has 36 heavy (non-hydrogen) atoms. The summed E-state index contributed by atoms with van der Waals surface area (Å²) < 4.78 is 14.2. The summed E-state index contributed by atoms with van der Waals surface area (Å²) in [5.74, 6) is 3.07. The van der Waals surface area contributed by atoms with Gasteiger partial charge in [-0.2, -0.15) is 9.97 Å². The van der Waals surface area contributed by atoms with Gasteiger partial charge in [-0.05, 0) is 42.2 Å². The predicted octanol–water partition coefficient (Wildman–Crippen LogP) is 2.97. The highest BCUT2D eigenvalue weighted by molar-refractivity contribution is 5.73. The molecule has 3 aliphatic rings. The number of aromatic nitrogens is 6. The Balaban J connectivity index is 1.08. The van der Waals surface area contributed by atoms with Gasteiger partial charge >= 0.3 is 0 Å². The van der Waals surface area contributed by atoms with E-state index < -0.39 is 0 Å². The second-order valence-corrected chi connectivity index (χ2v) is 9.95. The number of ether oxygens (including phenoxy) is 1. The minimum Gasteiger partial charge on any atom is -0.381 e. The van der Waals surface area contributed by atoms with Gasteiger partial charge in [-0.15, -0.1) is 0 Å². The van der Waals surface area contributed by atoms with Crippen LogP contribution >= 0.6 is 0 Å². The molecule has 3 aromatic heterocycles. The lowest BCUT2D eigenvalue weighted by molar-refractivity contribution is 0.0902. The number of allylic oxidation sites excluding steroid dienone is 2. The van der Waals surface area contributed by atoms with E-state index in [1.165, 1.54) is 22.0 Å². The molecular weight excluding hydrogens is 458 g/mol. The number of fused-ring (bicyclic) bond motifs is 2. The van der Waals surface area contributed by atoms with Crippen LogP contribution in [-0.2, 0) is 18.3 Å². The van der Waals surface area contributed by atoms with Crippen molar-refractivity contribution in [1.82, 2.24) is 29.2 Å². The summed E-state index contributed by atoms with van der Waals surface area (Å²) in [4.78, 5) is 26.9. The van der Waals surface area contributed by atoms with Gasteiger partial charge in [-0.1, -0.05) is 41.6 Å². The van der Waals surface area contributed by atoms with Gasteiger partial charge in [-0.3, -0.25) is 9.36 Å². The Kier molecular flexibility index (Phi) is 5.02. The Labute approximate surface area is 207 Å². The molecule has 7 rings (SSSR count). The van der Waals surface area contributed by atoms with Crippen LogP contribution in [-0.4, -0.2) is 48.5 Å². The van der Waals surface area contributed by atoms with Crippen molar-refractivity contribution in [1.29, 1.82) is 0 Å². The number of nitrogens with one attached hydrogen (secondary N) is 1. The summed E-state index contributed by atoms with van der Waals surface area (Å²) in [7, 11) is 1.83. The third-order valence-electron chi connectivity index (χ3n) is 7.72. The van der Waals surface area contributed by atoms with E-state index >= 15 is 0 Å². The van der Waals surface area contributed by atoms with Gasteiger partial charge in [0.15, 0.2) is 17.0 Å². The van der Waals surface area contributed by atoms with Crippen molar-refractivity contribution < 1.29 is 9.26 Å². The smallest absolute Gasteiger partial charge is 0.280 e. The third-order valence-corrected chi connectivity index (χ3v) is 7.72. The van der Waals surface area contributed by atoms with Crippen LogP contribution in [0.4, 0.5) is 5.95 Å². The lowest BCUT2D eigenvalue weighted by atomic mass is 10.0. The lowest BCUT2D eigenvalue weighted by Gasteiger charge is -2.23. The summed E-state index contributed by atoms with van der Waals surface area (Å²) in [6.07, 6.45) is 6.71. The molecule has 10 nitrogen and oxygen atoms in total. The number of rotatable bonds is 6. The van der Waals surface area contributed by atoms with Crippen LogP contribution in [0.25, 0.3) is 16.7 Å². The third kappa shape index (κ3) is 3.63. The molecule has 4 aromatic rings. The fourth-order valence-corrected chi connectivity index (χ4v) is 5.68. The minimum atomic E-state index is -0.187. The van der Waals surface area contributed by atoms with E-state index in [9.17, 15) is 4.79 Å². The van der Waals surface area contributed by atoms with Crippen molar-refractivity contribution in [3.8, 4) is 0 Å². The minimum absolute atomic E-state index is 0.176. The number of imidazole rings is 1. The van der Waals surface area contributed by atoms with Gasteiger partial charge in [0.05, 0.1) is 0 Å². The number of hydrogen-bond donors (Lipinski definition) is 1. The molecule has 0 unspecified atom stereocenters.